The third-order valence-corrected chi connectivity index (χ3v) is 5.53. The molecule has 2 fully saturated rings. The standard InChI is InChI=1S/C21H33N3O3/c1-17-5-6-18(2)20(13-17)27-16-19(25)14-22-9-11-23(12-10-22)15-21(26)24-7-3-4-8-24/h5-6,13,19,25H,3-4,7-12,14-16H2,1-2H3. The number of piperazine rings is 1. The highest BCUT2D eigenvalue weighted by atomic mass is 16.5. The van der Waals surface area contributed by atoms with E-state index in [0.29, 0.717) is 19.7 Å². The minimum absolute atomic E-state index is 0.267. The summed E-state index contributed by atoms with van der Waals surface area (Å²) in [6.45, 7) is 10.9. The Labute approximate surface area is 162 Å². The Morgan fingerprint density at radius 3 is 2.44 bits per heavy atom. The minimum Gasteiger partial charge on any atom is -0.491 e. The molecule has 2 aliphatic rings. The van der Waals surface area contributed by atoms with Gasteiger partial charge in [-0.1, -0.05) is 12.1 Å². The number of ether oxygens (including phenoxy) is 1. The maximum Gasteiger partial charge on any atom is 0.236 e. The summed E-state index contributed by atoms with van der Waals surface area (Å²) in [6.07, 6.45) is 1.77. The number of aliphatic hydroxyl groups is 1. The fraction of sp³-hybridized carbons (Fsp3) is 0.667. The molecule has 6 heteroatoms. The molecule has 0 saturated carbocycles. The van der Waals surface area contributed by atoms with E-state index in [1.807, 2.05) is 30.9 Å². The molecule has 1 aromatic rings. The largest absolute Gasteiger partial charge is 0.491 e. The molecule has 150 valence electrons. The van der Waals surface area contributed by atoms with Crippen LogP contribution in [-0.2, 0) is 4.79 Å². The Bertz CT molecular complexity index is 623. The van der Waals surface area contributed by atoms with Gasteiger partial charge in [0.15, 0.2) is 0 Å². The van der Waals surface area contributed by atoms with E-state index in [1.54, 1.807) is 0 Å². The van der Waals surface area contributed by atoms with Crippen LogP contribution in [0.4, 0.5) is 0 Å². The normalized spacial score (nSPS) is 20.0. The van der Waals surface area contributed by atoms with Crippen molar-refractivity contribution in [2.45, 2.75) is 32.8 Å². The van der Waals surface area contributed by atoms with E-state index in [2.05, 4.69) is 15.9 Å². The number of likely N-dealkylation sites (tertiary alicyclic amines) is 1. The van der Waals surface area contributed by atoms with Crippen molar-refractivity contribution in [3.63, 3.8) is 0 Å². The van der Waals surface area contributed by atoms with E-state index < -0.39 is 6.10 Å². The lowest BCUT2D eigenvalue weighted by atomic mass is 10.1. The Hall–Kier alpha value is -1.63. The van der Waals surface area contributed by atoms with Crippen LogP contribution in [0.3, 0.4) is 0 Å². The molecule has 6 nitrogen and oxygen atoms in total. The fourth-order valence-corrected chi connectivity index (χ4v) is 3.79. The van der Waals surface area contributed by atoms with Gasteiger partial charge in [-0.2, -0.15) is 0 Å². The number of aliphatic hydroxyl groups excluding tert-OH is 1. The van der Waals surface area contributed by atoms with E-state index in [0.717, 1.165) is 69.0 Å². The lowest BCUT2D eigenvalue weighted by Gasteiger charge is -2.35. The molecule has 3 rings (SSSR count). The van der Waals surface area contributed by atoms with E-state index in [4.69, 9.17) is 4.74 Å². The van der Waals surface area contributed by atoms with Crippen molar-refractivity contribution in [2.75, 3.05) is 59.0 Å². The SMILES string of the molecule is Cc1ccc(C)c(OCC(O)CN2CCN(CC(=O)N3CCCC3)CC2)c1. The van der Waals surface area contributed by atoms with E-state index >= 15 is 0 Å². The van der Waals surface area contributed by atoms with E-state index in [9.17, 15) is 9.90 Å². The predicted molar refractivity (Wildman–Crippen MR) is 106 cm³/mol. The minimum atomic E-state index is -0.511. The molecule has 0 aliphatic carbocycles. The summed E-state index contributed by atoms with van der Waals surface area (Å²) in [7, 11) is 0. The van der Waals surface area contributed by atoms with Crippen LogP contribution in [0.5, 0.6) is 5.75 Å². The zero-order valence-corrected chi connectivity index (χ0v) is 16.7. The Morgan fingerprint density at radius 1 is 1.07 bits per heavy atom. The van der Waals surface area contributed by atoms with Gasteiger partial charge in [-0.3, -0.25) is 14.6 Å². The van der Waals surface area contributed by atoms with Crippen LogP contribution in [0.25, 0.3) is 0 Å². The van der Waals surface area contributed by atoms with Crippen LogP contribution in [0.1, 0.15) is 24.0 Å². The number of carbonyl (C=O) groups is 1. The van der Waals surface area contributed by atoms with Gasteiger partial charge in [0.2, 0.25) is 5.91 Å². The third kappa shape index (κ3) is 5.92. The van der Waals surface area contributed by atoms with Crippen LogP contribution in [0.2, 0.25) is 0 Å². The Kier molecular flexibility index (Phi) is 7.10. The van der Waals surface area contributed by atoms with E-state index in [1.165, 1.54) is 0 Å². The summed E-state index contributed by atoms with van der Waals surface area (Å²) in [6, 6.07) is 6.12. The van der Waals surface area contributed by atoms with E-state index in [-0.39, 0.29) is 5.91 Å². The first-order chi connectivity index (χ1) is 13.0. The topological polar surface area (TPSA) is 56.3 Å². The molecule has 1 atom stereocenters. The van der Waals surface area contributed by atoms with Crippen molar-refractivity contribution >= 4 is 5.91 Å². The second-order valence-corrected chi connectivity index (χ2v) is 7.90. The van der Waals surface area contributed by atoms with Gasteiger partial charge in [0.05, 0.1) is 6.54 Å². The number of rotatable bonds is 7. The number of nitrogens with zero attached hydrogens (tertiary/aromatic N) is 3. The van der Waals surface area contributed by atoms with Gasteiger partial charge in [-0.25, -0.2) is 0 Å². The van der Waals surface area contributed by atoms with Gasteiger partial charge in [0, 0.05) is 45.8 Å². The summed E-state index contributed by atoms with van der Waals surface area (Å²) in [4.78, 5) is 18.7. The van der Waals surface area contributed by atoms with Crippen LogP contribution in [0, 0.1) is 13.8 Å². The second kappa shape index (κ2) is 9.53. The van der Waals surface area contributed by atoms with Crippen molar-refractivity contribution in [1.82, 2.24) is 14.7 Å². The van der Waals surface area contributed by atoms with Gasteiger partial charge in [-0.15, -0.1) is 0 Å². The maximum atomic E-state index is 12.3. The molecule has 1 unspecified atom stereocenters. The highest BCUT2D eigenvalue weighted by molar-refractivity contribution is 5.78. The molecular formula is C21H33N3O3. The quantitative estimate of drug-likeness (QED) is 0.778. The van der Waals surface area contributed by atoms with Crippen molar-refractivity contribution in [2.24, 2.45) is 0 Å². The number of carbonyl (C=O) groups excluding carboxylic acids is 1. The molecule has 2 saturated heterocycles. The number of aryl methyl sites for hydroxylation is 2. The lowest BCUT2D eigenvalue weighted by molar-refractivity contribution is -0.131. The van der Waals surface area contributed by atoms with Crippen molar-refractivity contribution in [3.8, 4) is 5.75 Å². The summed E-state index contributed by atoms with van der Waals surface area (Å²) >= 11 is 0. The Balaban J connectivity index is 1.35. The predicted octanol–water partition coefficient (Wildman–Crippen LogP) is 1.28. The highest BCUT2D eigenvalue weighted by Crippen LogP contribution is 2.19. The molecule has 0 aromatic heterocycles. The summed E-state index contributed by atoms with van der Waals surface area (Å²) in [5.74, 6) is 1.11. The zero-order valence-electron chi connectivity index (χ0n) is 16.7. The number of benzene rings is 1. The molecule has 1 N–H and O–H groups in total. The van der Waals surface area contributed by atoms with Gasteiger partial charge >= 0.3 is 0 Å². The zero-order chi connectivity index (χ0) is 19.2. The first-order valence-corrected chi connectivity index (χ1v) is 10.1. The van der Waals surface area contributed by atoms with Gasteiger partial charge < -0.3 is 14.7 Å². The number of hydrogen-bond donors (Lipinski definition) is 1. The smallest absolute Gasteiger partial charge is 0.236 e. The van der Waals surface area contributed by atoms with Crippen LogP contribution in [0.15, 0.2) is 18.2 Å². The number of amides is 1. The third-order valence-electron chi connectivity index (χ3n) is 5.53. The molecular weight excluding hydrogens is 342 g/mol. The van der Waals surface area contributed by atoms with Crippen molar-refractivity contribution in [1.29, 1.82) is 0 Å². The number of hydrogen-bond acceptors (Lipinski definition) is 5. The van der Waals surface area contributed by atoms with Gasteiger partial charge in [0.25, 0.3) is 0 Å². The first-order valence-electron chi connectivity index (χ1n) is 10.1. The average molecular weight is 376 g/mol. The summed E-state index contributed by atoms with van der Waals surface area (Å²) < 4.78 is 5.81. The molecule has 0 spiro atoms. The summed E-state index contributed by atoms with van der Waals surface area (Å²) in [5, 5.41) is 10.3. The summed E-state index contributed by atoms with van der Waals surface area (Å²) in [5.41, 5.74) is 2.24. The molecule has 27 heavy (non-hydrogen) atoms. The van der Waals surface area contributed by atoms with Gasteiger partial charge in [0.1, 0.15) is 18.5 Å². The molecule has 1 amide bonds. The van der Waals surface area contributed by atoms with Crippen LogP contribution >= 0.6 is 0 Å². The lowest BCUT2D eigenvalue weighted by Crippen LogP contribution is -2.51. The molecule has 2 aliphatic heterocycles. The highest BCUT2D eigenvalue weighted by Gasteiger charge is 2.24. The maximum absolute atomic E-state index is 12.3. The van der Waals surface area contributed by atoms with Crippen LogP contribution < -0.4 is 4.74 Å². The fourth-order valence-electron chi connectivity index (χ4n) is 3.79. The molecule has 2 heterocycles. The van der Waals surface area contributed by atoms with Crippen molar-refractivity contribution in [3.05, 3.63) is 29.3 Å². The monoisotopic (exact) mass is 375 g/mol. The van der Waals surface area contributed by atoms with Gasteiger partial charge in [-0.05, 0) is 43.9 Å². The average Bonchev–Trinajstić information content (AvgIpc) is 3.19. The molecule has 0 bridgehead atoms. The second-order valence-electron chi connectivity index (χ2n) is 7.90. The first kappa shape index (κ1) is 20.1. The molecule has 1 aromatic carbocycles. The van der Waals surface area contributed by atoms with Crippen molar-refractivity contribution < 1.29 is 14.6 Å². The molecule has 0 radical (unpaired) electrons. The Morgan fingerprint density at radius 2 is 1.74 bits per heavy atom. The number of β-amino-alcohol motifs (C(OH)–C–C–N with tert-alkyl or cyclic N) is 1. The van der Waals surface area contributed by atoms with Crippen LogP contribution in [-0.4, -0.2) is 90.8 Å².